The fraction of sp³-hybridized carbons (Fsp3) is 0.133. The molecule has 4 aromatic rings. The third-order valence-electron chi connectivity index (χ3n) is 6.27. The van der Waals surface area contributed by atoms with E-state index in [-0.39, 0.29) is 17.7 Å². The molecule has 0 bridgehead atoms. The molecule has 1 aliphatic rings. The van der Waals surface area contributed by atoms with Crippen molar-refractivity contribution in [2.24, 2.45) is 0 Å². The fourth-order valence-corrected chi connectivity index (χ4v) is 4.69. The molecule has 0 atom stereocenters. The van der Waals surface area contributed by atoms with Gasteiger partial charge in [-0.25, -0.2) is 0 Å². The van der Waals surface area contributed by atoms with Crippen LogP contribution in [0.15, 0.2) is 103 Å². The maximum atomic E-state index is 14.0. The van der Waals surface area contributed by atoms with Crippen LogP contribution in [0.2, 0.25) is 0 Å². The molecule has 168 valence electrons. The lowest BCUT2D eigenvalue weighted by atomic mass is 9.95. The van der Waals surface area contributed by atoms with Gasteiger partial charge in [0, 0.05) is 23.5 Å². The van der Waals surface area contributed by atoms with E-state index in [4.69, 9.17) is 0 Å². The fourth-order valence-electron chi connectivity index (χ4n) is 4.69. The number of fused-ring (bicyclic) bond motifs is 3. The number of amides is 2. The second kappa shape index (κ2) is 9.36. The highest BCUT2D eigenvalue weighted by Gasteiger charge is 2.36. The number of hydrogen-bond donors (Lipinski definition) is 1. The molecular weight excluding hydrogens is 420 g/mol. The number of rotatable bonds is 6. The van der Waals surface area contributed by atoms with Gasteiger partial charge >= 0.3 is 0 Å². The van der Waals surface area contributed by atoms with E-state index in [0.29, 0.717) is 17.8 Å². The molecule has 0 saturated carbocycles. The summed E-state index contributed by atoms with van der Waals surface area (Å²) in [6.07, 6.45) is 0.842. The Kier molecular flexibility index (Phi) is 5.96. The molecule has 4 nitrogen and oxygen atoms in total. The lowest BCUT2D eigenvalue weighted by Crippen LogP contribution is -2.35. The maximum absolute atomic E-state index is 14.0. The first kappa shape index (κ1) is 21.7. The van der Waals surface area contributed by atoms with Gasteiger partial charge in [-0.15, -0.1) is 0 Å². The summed E-state index contributed by atoms with van der Waals surface area (Å²) in [4.78, 5) is 28.3. The first-order chi connectivity index (χ1) is 16.7. The summed E-state index contributed by atoms with van der Waals surface area (Å²) >= 11 is 0. The highest BCUT2D eigenvalue weighted by molar-refractivity contribution is 6.06. The normalized spacial score (nSPS) is 12.0. The van der Waals surface area contributed by atoms with E-state index in [1.165, 1.54) is 0 Å². The monoisotopic (exact) mass is 446 g/mol. The largest absolute Gasteiger partial charge is 0.322 e. The van der Waals surface area contributed by atoms with Crippen LogP contribution in [0.5, 0.6) is 0 Å². The van der Waals surface area contributed by atoms with Crippen LogP contribution in [0.4, 0.5) is 11.4 Å². The summed E-state index contributed by atoms with van der Waals surface area (Å²) in [6, 6.07) is 33.0. The highest BCUT2D eigenvalue weighted by Crippen LogP contribution is 2.45. The highest BCUT2D eigenvalue weighted by atomic mass is 16.2. The summed E-state index contributed by atoms with van der Waals surface area (Å²) in [5, 5.41) is 2.92. The first-order valence-electron chi connectivity index (χ1n) is 11.6. The van der Waals surface area contributed by atoms with Crippen LogP contribution in [-0.4, -0.2) is 18.4 Å². The first-order valence-corrected chi connectivity index (χ1v) is 11.6. The number of hydrogen-bond acceptors (Lipinski definition) is 2. The van der Waals surface area contributed by atoms with Crippen LogP contribution < -0.4 is 10.2 Å². The van der Waals surface area contributed by atoms with Gasteiger partial charge in [0.15, 0.2) is 0 Å². The molecule has 0 fully saturated rings. The number of anilines is 2. The van der Waals surface area contributed by atoms with Crippen molar-refractivity contribution in [1.29, 1.82) is 0 Å². The molecule has 0 radical (unpaired) electrons. The lowest BCUT2D eigenvalue weighted by molar-refractivity contribution is -0.119. The molecule has 1 N–H and O–H groups in total. The van der Waals surface area contributed by atoms with Crippen molar-refractivity contribution in [3.05, 3.63) is 120 Å². The Morgan fingerprint density at radius 1 is 0.735 bits per heavy atom. The molecule has 4 aromatic carbocycles. The van der Waals surface area contributed by atoms with Gasteiger partial charge in [-0.3, -0.25) is 9.59 Å². The molecule has 0 spiro atoms. The number of nitrogens with one attached hydrogen (secondary N) is 1. The van der Waals surface area contributed by atoms with Crippen LogP contribution in [0, 0.1) is 0 Å². The van der Waals surface area contributed by atoms with Crippen LogP contribution >= 0.6 is 0 Å². The second-order valence-electron chi connectivity index (χ2n) is 8.46. The van der Waals surface area contributed by atoms with Crippen LogP contribution in [0.3, 0.4) is 0 Å². The molecular formula is C30H26N2O2. The average Bonchev–Trinajstić information content (AvgIpc) is 3.22. The van der Waals surface area contributed by atoms with E-state index in [2.05, 4.69) is 36.5 Å². The van der Waals surface area contributed by atoms with E-state index >= 15 is 0 Å². The van der Waals surface area contributed by atoms with Gasteiger partial charge in [0.1, 0.15) is 0 Å². The Balaban J connectivity index is 1.42. The zero-order valence-electron chi connectivity index (χ0n) is 19.1. The van der Waals surface area contributed by atoms with E-state index < -0.39 is 0 Å². The van der Waals surface area contributed by atoms with Crippen molar-refractivity contribution in [3.63, 3.8) is 0 Å². The molecule has 5 rings (SSSR count). The van der Waals surface area contributed by atoms with Gasteiger partial charge in [0.2, 0.25) is 5.91 Å². The van der Waals surface area contributed by atoms with Crippen molar-refractivity contribution >= 4 is 23.2 Å². The predicted octanol–water partition coefficient (Wildman–Crippen LogP) is 6.49. The van der Waals surface area contributed by atoms with E-state index in [1.807, 2.05) is 71.6 Å². The SMILES string of the molecule is CCCN(C(=O)C1c2ccccc2-c2ccccc21)c1ccc(NC(=O)c2ccccc2)cc1. The van der Waals surface area contributed by atoms with Crippen LogP contribution in [0.1, 0.15) is 40.7 Å². The Bertz CT molecular complexity index is 1280. The minimum Gasteiger partial charge on any atom is -0.322 e. The molecule has 0 aromatic heterocycles. The van der Waals surface area contributed by atoms with Crippen LogP contribution in [-0.2, 0) is 4.79 Å². The smallest absolute Gasteiger partial charge is 0.255 e. The standard InChI is InChI=1S/C30H26N2O2/c1-2-20-32(23-18-16-22(17-19-23)31-29(33)21-10-4-3-5-11-21)30(34)28-26-14-8-6-12-24(26)25-13-7-9-15-27(25)28/h3-19,28H,2,20H2,1H3,(H,31,33). The van der Waals surface area contributed by atoms with Crippen molar-refractivity contribution in [2.45, 2.75) is 19.3 Å². The molecule has 0 aliphatic heterocycles. The van der Waals surface area contributed by atoms with Gasteiger partial charge < -0.3 is 10.2 Å². The van der Waals surface area contributed by atoms with E-state index in [9.17, 15) is 9.59 Å². The summed E-state index contributed by atoms with van der Waals surface area (Å²) in [5.41, 5.74) is 6.50. The number of benzene rings is 4. The molecule has 4 heteroatoms. The van der Waals surface area contributed by atoms with E-state index in [1.54, 1.807) is 12.1 Å². The van der Waals surface area contributed by atoms with Crippen molar-refractivity contribution < 1.29 is 9.59 Å². The summed E-state index contributed by atoms with van der Waals surface area (Å²) < 4.78 is 0. The average molecular weight is 447 g/mol. The third-order valence-corrected chi connectivity index (χ3v) is 6.27. The molecule has 0 saturated heterocycles. The number of carbonyl (C=O) groups is 2. The van der Waals surface area contributed by atoms with Crippen molar-refractivity contribution in [1.82, 2.24) is 0 Å². The molecule has 2 amide bonds. The number of nitrogens with zero attached hydrogens (tertiary/aromatic N) is 1. The lowest BCUT2D eigenvalue weighted by Gasteiger charge is -2.26. The Morgan fingerprint density at radius 2 is 1.29 bits per heavy atom. The topological polar surface area (TPSA) is 49.4 Å². The second-order valence-corrected chi connectivity index (χ2v) is 8.46. The minimum absolute atomic E-state index is 0.0697. The Morgan fingerprint density at radius 3 is 1.88 bits per heavy atom. The van der Waals surface area contributed by atoms with Gasteiger partial charge in [-0.1, -0.05) is 73.7 Å². The van der Waals surface area contributed by atoms with Crippen molar-refractivity contribution in [3.8, 4) is 11.1 Å². The zero-order valence-corrected chi connectivity index (χ0v) is 19.1. The Hall–Kier alpha value is -4.18. The Labute approximate surface area is 199 Å². The number of carbonyl (C=O) groups excluding carboxylic acids is 2. The van der Waals surface area contributed by atoms with E-state index in [0.717, 1.165) is 34.4 Å². The van der Waals surface area contributed by atoms with Crippen LogP contribution in [0.25, 0.3) is 11.1 Å². The minimum atomic E-state index is -0.323. The van der Waals surface area contributed by atoms with Gasteiger partial charge in [0.25, 0.3) is 5.91 Å². The molecule has 0 heterocycles. The van der Waals surface area contributed by atoms with Gasteiger partial charge in [-0.2, -0.15) is 0 Å². The predicted molar refractivity (Wildman–Crippen MR) is 137 cm³/mol. The summed E-state index contributed by atoms with van der Waals surface area (Å²) in [6.45, 7) is 2.70. The van der Waals surface area contributed by atoms with Gasteiger partial charge in [-0.05, 0) is 65.1 Å². The third kappa shape index (κ3) is 3.99. The molecule has 0 unspecified atom stereocenters. The van der Waals surface area contributed by atoms with Gasteiger partial charge in [0.05, 0.1) is 5.92 Å². The molecule has 34 heavy (non-hydrogen) atoms. The molecule has 1 aliphatic carbocycles. The zero-order chi connectivity index (χ0) is 23.5. The van der Waals surface area contributed by atoms with Crippen molar-refractivity contribution in [2.75, 3.05) is 16.8 Å². The maximum Gasteiger partial charge on any atom is 0.255 e. The quantitative estimate of drug-likeness (QED) is 0.368. The summed E-state index contributed by atoms with van der Waals surface area (Å²) in [5.74, 6) is -0.411. The summed E-state index contributed by atoms with van der Waals surface area (Å²) in [7, 11) is 0.